The highest BCUT2D eigenvalue weighted by Crippen LogP contribution is 2.45. The molecular weight excluding hydrogens is 326 g/mol. The van der Waals surface area contributed by atoms with Gasteiger partial charge in [-0.25, -0.2) is 9.67 Å². The summed E-state index contributed by atoms with van der Waals surface area (Å²) in [6, 6.07) is 9.51. The monoisotopic (exact) mass is 345 g/mol. The van der Waals surface area contributed by atoms with Crippen LogP contribution in [0.2, 0.25) is 0 Å². The normalized spacial score (nSPS) is 16.5. The van der Waals surface area contributed by atoms with Crippen LogP contribution in [0.3, 0.4) is 0 Å². The van der Waals surface area contributed by atoms with Crippen molar-refractivity contribution in [3.63, 3.8) is 0 Å². The standard InChI is InChI=1S/C20H19N5O/c26-20(15-2-1-9-21-11-15)23-16-7-8-19(22-12-16)25-18(14-5-6-14)10-17(24-25)13-3-4-13/h1-2,7-14H,3-6H2,(H,23,26). The Bertz CT molecular complexity index is 940. The molecule has 0 saturated heterocycles. The summed E-state index contributed by atoms with van der Waals surface area (Å²) in [6.07, 6.45) is 9.82. The first kappa shape index (κ1) is 15.3. The molecule has 130 valence electrons. The first-order valence-electron chi connectivity index (χ1n) is 9.05. The van der Waals surface area contributed by atoms with Gasteiger partial charge in [0.05, 0.1) is 23.1 Å². The number of aromatic nitrogens is 4. The molecule has 1 amide bonds. The fourth-order valence-corrected chi connectivity index (χ4v) is 3.13. The van der Waals surface area contributed by atoms with E-state index in [0.29, 0.717) is 23.1 Å². The molecule has 3 aromatic heterocycles. The smallest absolute Gasteiger partial charge is 0.257 e. The van der Waals surface area contributed by atoms with Crippen LogP contribution in [0, 0.1) is 0 Å². The summed E-state index contributed by atoms with van der Waals surface area (Å²) >= 11 is 0. The lowest BCUT2D eigenvalue weighted by molar-refractivity contribution is 0.102. The minimum Gasteiger partial charge on any atom is -0.321 e. The van der Waals surface area contributed by atoms with Crippen LogP contribution < -0.4 is 5.32 Å². The zero-order valence-electron chi connectivity index (χ0n) is 14.3. The van der Waals surface area contributed by atoms with Gasteiger partial charge in [0.25, 0.3) is 5.91 Å². The van der Waals surface area contributed by atoms with Crippen LogP contribution in [-0.2, 0) is 0 Å². The third-order valence-corrected chi connectivity index (χ3v) is 4.89. The van der Waals surface area contributed by atoms with Gasteiger partial charge in [-0.3, -0.25) is 9.78 Å². The Kier molecular flexibility index (Phi) is 3.55. The predicted octanol–water partition coefficient (Wildman–Crippen LogP) is 3.67. The van der Waals surface area contributed by atoms with Gasteiger partial charge in [0.2, 0.25) is 0 Å². The van der Waals surface area contributed by atoms with Crippen LogP contribution in [0.4, 0.5) is 5.69 Å². The van der Waals surface area contributed by atoms with Crippen molar-refractivity contribution < 1.29 is 4.79 Å². The van der Waals surface area contributed by atoms with Gasteiger partial charge >= 0.3 is 0 Å². The first-order valence-corrected chi connectivity index (χ1v) is 9.05. The number of hydrogen-bond donors (Lipinski definition) is 1. The van der Waals surface area contributed by atoms with Gasteiger partial charge in [0.1, 0.15) is 0 Å². The molecule has 5 rings (SSSR count). The predicted molar refractivity (Wildman–Crippen MR) is 97.5 cm³/mol. The van der Waals surface area contributed by atoms with Gasteiger partial charge in [0.15, 0.2) is 5.82 Å². The van der Waals surface area contributed by atoms with Crippen molar-refractivity contribution >= 4 is 11.6 Å². The van der Waals surface area contributed by atoms with Crippen molar-refractivity contribution in [2.75, 3.05) is 5.32 Å². The number of carbonyl (C=O) groups excluding carboxylic acids is 1. The summed E-state index contributed by atoms with van der Waals surface area (Å²) in [5.41, 5.74) is 3.65. The number of rotatable bonds is 5. The zero-order chi connectivity index (χ0) is 17.5. The molecule has 2 fully saturated rings. The van der Waals surface area contributed by atoms with E-state index in [9.17, 15) is 4.79 Å². The minimum atomic E-state index is -0.193. The molecule has 3 aromatic rings. The quantitative estimate of drug-likeness (QED) is 0.766. The van der Waals surface area contributed by atoms with Gasteiger partial charge in [-0.1, -0.05) is 0 Å². The maximum absolute atomic E-state index is 12.2. The van der Waals surface area contributed by atoms with Gasteiger partial charge in [-0.15, -0.1) is 0 Å². The second kappa shape index (κ2) is 6.05. The molecule has 6 heteroatoms. The van der Waals surface area contributed by atoms with Crippen molar-refractivity contribution in [1.82, 2.24) is 19.7 Å². The highest BCUT2D eigenvalue weighted by atomic mass is 16.1. The van der Waals surface area contributed by atoms with Crippen molar-refractivity contribution in [3.05, 3.63) is 65.9 Å². The number of carbonyl (C=O) groups is 1. The Morgan fingerprint density at radius 3 is 2.58 bits per heavy atom. The van der Waals surface area contributed by atoms with E-state index >= 15 is 0 Å². The molecule has 3 heterocycles. The third-order valence-electron chi connectivity index (χ3n) is 4.89. The highest BCUT2D eigenvalue weighted by molar-refractivity contribution is 6.03. The number of nitrogens with one attached hydrogen (secondary N) is 1. The van der Waals surface area contributed by atoms with Gasteiger partial charge < -0.3 is 5.32 Å². The van der Waals surface area contributed by atoms with E-state index in [2.05, 4.69) is 21.4 Å². The van der Waals surface area contributed by atoms with Crippen LogP contribution in [-0.4, -0.2) is 25.7 Å². The molecule has 0 aliphatic heterocycles. The van der Waals surface area contributed by atoms with Crippen LogP contribution in [0.1, 0.15) is 59.3 Å². The molecule has 2 aliphatic rings. The largest absolute Gasteiger partial charge is 0.321 e. The van der Waals surface area contributed by atoms with Crippen molar-refractivity contribution in [2.24, 2.45) is 0 Å². The fraction of sp³-hybridized carbons (Fsp3) is 0.300. The number of nitrogens with zero attached hydrogens (tertiary/aromatic N) is 4. The molecule has 0 radical (unpaired) electrons. The van der Waals surface area contributed by atoms with E-state index < -0.39 is 0 Å². The summed E-state index contributed by atoms with van der Waals surface area (Å²) in [5.74, 6) is 1.85. The molecule has 0 atom stereocenters. The van der Waals surface area contributed by atoms with Crippen LogP contribution in [0.5, 0.6) is 0 Å². The number of pyridine rings is 2. The molecular formula is C20H19N5O. The SMILES string of the molecule is O=C(Nc1ccc(-n2nc(C3CC3)cc2C2CC2)nc1)c1cccnc1. The maximum Gasteiger partial charge on any atom is 0.257 e. The first-order chi connectivity index (χ1) is 12.8. The Morgan fingerprint density at radius 1 is 1.08 bits per heavy atom. The van der Waals surface area contributed by atoms with Crippen molar-refractivity contribution in [1.29, 1.82) is 0 Å². The highest BCUT2D eigenvalue weighted by Gasteiger charge is 2.33. The summed E-state index contributed by atoms with van der Waals surface area (Å²) in [6.45, 7) is 0. The van der Waals surface area contributed by atoms with Gasteiger partial charge in [-0.2, -0.15) is 5.10 Å². The van der Waals surface area contributed by atoms with Crippen molar-refractivity contribution in [3.8, 4) is 5.82 Å². The Balaban J connectivity index is 1.38. The Morgan fingerprint density at radius 2 is 1.92 bits per heavy atom. The number of amides is 1. The molecule has 2 aliphatic carbocycles. The van der Waals surface area contributed by atoms with Crippen LogP contribution in [0.15, 0.2) is 48.9 Å². The van der Waals surface area contributed by atoms with Gasteiger partial charge in [0, 0.05) is 29.9 Å². The average Bonchev–Trinajstić information content (AvgIpc) is 3.61. The molecule has 2 saturated carbocycles. The van der Waals surface area contributed by atoms with Gasteiger partial charge in [-0.05, 0) is 56.0 Å². The lowest BCUT2D eigenvalue weighted by Gasteiger charge is -2.08. The lowest BCUT2D eigenvalue weighted by atomic mass is 10.2. The Hall–Kier alpha value is -3.02. The number of hydrogen-bond acceptors (Lipinski definition) is 4. The average molecular weight is 345 g/mol. The second-order valence-electron chi connectivity index (χ2n) is 7.06. The molecule has 6 nitrogen and oxygen atoms in total. The van der Waals surface area contributed by atoms with E-state index in [0.717, 1.165) is 5.82 Å². The third kappa shape index (κ3) is 2.98. The van der Waals surface area contributed by atoms with E-state index in [1.54, 1.807) is 30.7 Å². The summed E-state index contributed by atoms with van der Waals surface area (Å²) in [7, 11) is 0. The molecule has 0 bridgehead atoms. The van der Waals surface area contributed by atoms with E-state index in [1.807, 2.05) is 16.8 Å². The molecule has 0 unspecified atom stereocenters. The summed E-state index contributed by atoms with van der Waals surface area (Å²) in [4.78, 5) is 20.7. The molecule has 1 N–H and O–H groups in total. The molecule has 26 heavy (non-hydrogen) atoms. The van der Waals surface area contributed by atoms with E-state index in [1.165, 1.54) is 37.1 Å². The van der Waals surface area contributed by atoms with Crippen molar-refractivity contribution in [2.45, 2.75) is 37.5 Å². The topological polar surface area (TPSA) is 72.7 Å². The zero-order valence-corrected chi connectivity index (χ0v) is 14.3. The van der Waals surface area contributed by atoms with Crippen LogP contribution >= 0.6 is 0 Å². The maximum atomic E-state index is 12.2. The summed E-state index contributed by atoms with van der Waals surface area (Å²) in [5, 5.41) is 7.65. The fourth-order valence-electron chi connectivity index (χ4n) is 3.13. The second-order valence-corrected chi connectivity index (χ2v) is 7.06. The minimum absolute atomic E-state index is 0.193. The molecule has 0 spiro atoms. The van der Waals surface area contributed by atoms with Crippen LogP contribution in [0.25, 0.3) is 5.82 Å². The number of anilines is 1. The molecule has 0 aromatic carbocycles. The van der Waals surface area contributed by atoms with E-state index in [4.69, 9.17) is 5.10 Å². The lowest BCUT2D eigenvalue weighted by Crippen LogP contribution is -2.12. The Labute approximate surface area is 151 Å². The van der Waals surface area contributed by atoms with E-state index in [-0.39, 0.29) is 5.91 Å². The summed E-state index contributed by atoms with van der Waals surface area (Å²) < 4.78 is 1.98.